The van der Waals surface area contributed by atoms with Crippen molar-refractivity contribution in [1.29, 1.82) is 0 Å². The molecule has 1 aromatic rings. The van der Waals surface area contributed by atoms with Gasteiger partial charge in [-0.1, -0.05) is 23.9 Å². The van der Waals surface area contributed by atoms with Crippen molar-refractivity contribution in [1.82, 2.24) is 5.32 Å². The number of aliphatic hydroxyl groups is 5. The van der Waals surface area contributed by atoms with Gasteiger partial charge in [-0.05, 0) is 17.7 Å². The molecule has 0 spiro atoms. The van der Waals surface area contributed by atoms with Gasteiger partial charge in [0.05, 0.1) is 12.7 Å². The predicted octanol–water partition coefficient (Wildman–Crippen LogP) is -1.13. The summed E-state index contributed by atoms with van der Waals surface area (Å²) in [5, 5.41) is 49.8. The fraction of sp³-hybridized carbons (Fsp3) is 0.588. The van der Waals surface area contributed by atoms with E-state index in [1.165, 1.54) is 18.7 Å². The average Bonchev–Trinajstić information content (AvgIpc) is 2.64. The number of aliphatic hydroxyl groups excluding tert-OH is 5. The van der Waals surface area contributed by atoms with Gasteiger partial charge in [-0.25, -0.2) is 0 Å². The summed E-state index contributed by atoms with van der Waals surface area (Å²) in [5.41, 5.74) is 1.02. The molecular formula is C17H27NO7S. The summed E-state index contributed by atoms with van der Waals surface area (Å²) in [6.07, 6.45) is -6.03. The standard InChI is InChI=1S/C17H27NO7S/c1-11(20)26-10-12-2-4-13(5-3-12)25-7-6-18-8-14(21)16(23)17(24)15(22)9-19/h2-5,14-19,21-24H,6-10H2,1H3/t14-,15+,16+,17+/m0/s1. The summed E-state index contributed by atoms with van der Waals surface area (Å²) >= 11 is 1.24. The smallest absolute Gasteiger partial charge is 0.186 e. The molecule has 0 fully saturated rings. The van der Waals surface area contributed by atoms with Gasteiger partial charge in [0.15, 0.2) is 5.12 Å². The summed E-state index contributed by atoms with van der Waals surface area (Å²) in [4.78, 5) is 10.9. The maximum atomic E-state index is 10.9. The summed E-state index contributed by atoms with van der Waals surface area (Å²) in [6.45, 7) is 1.52. The zero-order valence-corrected chi connectivity index (χ0v) is 15.4. The number of benzene rings is 1. The van der Waals surface area contributed by atoms with Crippen LogP contribution in [0.25, 0.3) is 0 Å². The highest BCUT2D eigenvalue weighted by Gasteiger charge is 2.29. The minimum atomic E-state index is -1.63. The molecule has 0 heterocycles. The van der Waals surface area contributed by atoms with Crippen LogP contribution in [0.5, 0.6) is 5.75 Å². The quantitative estimate of drug-likeness (QED) is 0.245. The molecule has 0 aromatic heterocycles. The van der Waals surface area contributed by atoms with Gasteiger partial charge in [-0.2, -0.15) is 0 Å². The Hall–Kier alpha value is -1.20. The Morgan fingerprint density at radius 1 is 1.12 bits per heavy atom. The molecule has 8 nitrogen and oxygen atoms in total. The first-order chi connectivity index (χ1) is 12.3. The van der Waals surface area contributed by atoms with Gasteiger partial charge in [0, 0.05) is 25.8 Å². The number of hydrogen-bond donors (Lipinski definition) is 6. The van der Waals surface area contributed by atoms with E-state index in [0.717, 1.165) is 5.56 Å². The molecule has 0 radical (unpaired) electrons. The summed E-state index contributed by atoms with van der Waals surface area (Å²) in [7, 11) is 0. The van der Waals surface area contributed by atoms with Crippen LogP contribution in [0.3, 0.4) is 0 Å². The van der Waals surface area contributed by atoms with E-state index < -0.39 is 31.0 Å². The Kier molecular flexibility index (Phi) is 10.7. The van der Waals surface area contributed by atoms with Gasteiger partial charge >= 0.3 is 0 Å². The number of ether oxygens (including phenoxy) is 1. The minimum absolute atomic E-state index is 0.0130. The van der Waals surface area contributed by atoms with Crippen LogP contribution in [0, 0.1) is 0 Å². The third-order valence-corrected chi connectivity index (χ3v) is 4.48. The van der Waals surface area contributed by atoms with E-state index in [1.807, 2.05) is 12.1 Å². The summed E-state index contributed by atoms with van der Waals surface area (Å²) < 4.78 is 5.53. The topological polar surface area (TPSA) is 139 Å². The van der Waals surface area contributed by atoms with E-state index in [-0.39, 0.29) is 11.7 Å². The Labute approximate surface area is 156 Å². The van der Waals surface area contributed by atoms with Crippen LogP contribution < -0.4 is 10.1 Å². The normalized spacial score (nSPS) is 15.9. The van der Waals surface area contributed by atoms with Gasteiger partial charge in [0.2, 0.25) is 0 Å². The molecule has 1 rings (SSSR count). The van der Waals surface area contributed by atoms with Crippen molar-refractivity contribution in [3.8, 4) is 5.75 Å². The van der Waals surface area contributed by atoms with Gasteiger partial charge in [-0.3, -0.25) is 4.79 Å². The molecular weight excluding hydrogens is 362 g/mol. The van der Waals surface area contributed by atoms with Crippen LogP contribution in [-0.4, -0.2) is 81.4 Å². The molecule has 0 aliphatic carbocycles. The minimum Gasteiger partial charge on any atom is -0.492 e. The van der Waals surface area contributed by atoms with Crippen LogP contribution in [-0.2, 0) is 10.5 Å². The molecule has 0 saturated heterocycles. The van der Waals surface area contributed by atoms with Gasteiger partial charge < -0.3 is 35.6 Å². The van der Waals surface area contributed by atoms with Gasteiger partial charge in [0.1, 0.15) is 30.7 Å². The largest absolute Gasteiger partial charge is 0.492 e. The first kappa shape index (κ1) is 22.8. The maximum Gasteiger partial charge on any atom is 0.186 e. The lowest BCUT2D eigenvalue weighted by Crippen LogP contribution is -2.49. The van der Waals surface area contributed by atoms with Crippen LogP contribution in [0.2, 0.25) is 0 Å². The van der Waals surface area contributed by atoms with E-state index in [2.05, 4.69) is 5.32 Å². The van der Waals surface area contributed by atoms with Crippen molar-refractivity contribution >= 4 is 16.9 Å². The molecule has 0 bridgehead atoms. The lowest BCUT2D eigenvalue weighted by Gasteiger charge is -2.25. The van der Waals surface area contributed by atoms with Crippen molar-refractivity contribution < 1.29 is 35.1 Å². The Balaban J connectivity index is 2.23. The molecule has 6 N–H and O–H groups in total. The van der Waals surface area contributed by atoms with E-state index in [1.54, 1.807) is 12.1 Å². The van der Waals surface area contributed by atoms with Crippen molar-refractivity contribution in [2.45, 2.75) is 37.1 Å². The van der Waals surface area contributed by atoms with E-state index in [4.69, 9.17) is 9.84 Å². The second kappa shape index (κ2) is 12.2. The number of hydrogen-bond acceptors (Lipinski definition) is 9. The van der Waals surface area contributed by atoms with Gasteiger partial charge in [-0.15, -0.1) is 0 Å². The third kappa shape index (κ3) is 8.45. The van der Waals surface area contributed by atoms with E-state index in [0.29, 0.717) is 24.7 Å². The Morgan fingerprint density at radius 3 is 2.31 bits per heavy atom. The molecule has 9 heteroatoms. The molecule has 1 aromatic carbocycles. The Morgan fingerprint density at radius 2 is 1.73 bits per heavy atom. The first-order valence-electron chi connectivity index (χ1n) is 8.24. The van der Waals surface area contributed by atoms with Crippen LogP contribution in [0.1, 0.15) is 12.5 Å². The van der Waals surface area contributed by atoms with Crippen molar-refractivity contribution in [3.05, 3.63) is 29.8 Å². The average molecular weight is 389 g/mol. The van der Waals surface area contributed by atoms with Gasteiger partial charge in [0.25, 0.3) is 0 Å². The highest BCUT2D eigenvalue weighted by atomic mass is 32.2. The second-order valence-corrected chi connectivity index (χ2v) is 6.93. The number of carbonyl (C=O) groups excluding carboxylic acids is 1. The zero-order valence-electron chi connectivity index (χ0n) is 14.6. The molecule has 0 unspecified atom stereocenters. The summed E-state index contributed by atoms with van der Waals surface area (Å²) in [5.74, 6) is 1.29. The lowest BCUT2D eigenvalue weighted by atomic mass is 10.0. The molecule has 0 aliphatic rings. The van der Waals surface area contributed by atoms with Crippen molar-refractivity contribution in [3.63, 3.8) is 0 Å². The summed E-state index contributed by atoms with van der Waals surface area (Å²) in [6, 6.07) is 7.38. The van der Waals surface area contributed by atoms with Crippen LogP contribution >= 0.6 is 11.8 Å². The SMILES string of the molecule is CC(=O)SCc1ccc(OCCNC[C@H](O)[C@@H](O)[C@H](O)[C@H](O)CO)cc1. The zero-order chi connectivity index (χ0) is 19.5. The number of thioether (sulfide) groups is 1. The highest BCUT2D eigenvalue weighted by molar-refractivity contribution is 8.12. The maximum absolute atomic E-state index is 10.9. The number of carbonyl (C=O) groups is 1. The fourth-order valence-electron chi connectivity index (χ4n) is 2.04. The van der Waals surface area contributed by atoms with E-state index in [9.17, 15) is 25.2 Å². The number of nitrogens with one attached hydrogen (secondary N) is 1. The molecule has 148 valence electrons. The van der Waals surface area contributed by atoms with Crippen molar-refractivity contribution in [2.75, 3.05) is 26.3 Å². The second-order valence-electron chi connectivity index (χ2n) is 5.78. The monoisotopic (exact) mass is 389 g/mol. The highest BCUT2D eigenvalue weighted by Crippen LogP contribution is 2.17. The fourth-order valence-corrected chi connectivity index (χ4v) is 2.60. The molecule has 26 heavy (non-hydrogen) atoms. The Bertz CT molecular complexity index is 528. The molecule has 0 amide bonds. The first-order valence-corrected chi connectivity index (χ1v) is 9.22. The molecule has 0 aliphatic heterocycles. The number of rotatable bonds is 12. The molecule has 0 saturated carbocycles. The molecule has 4 atom stereocenters. The van der Waals surface area contributed by atoms with Crippen LogP contribution in [0.4, 0.5) is 0 Å². The van der Waals surface area contributed by atoms with Crippen LogP contribution in [0.15, 0.2) is 24.3 Å². The predicted molar refractivity (Wildman–Crippen MR) is 97.9 cm³/mol. The van der Waals surface area contributed by atoms with E-state index >= 15 is 0 Å². The van der Waals surface area contributed by atoms with Crippen molar-refractivity contribution in [2.24, 2.45) is 0 Å². The third-order valence-electron chi connectivity index (χ3n) is 3.59. The lowest BCUT2D eigenvalue weighted by molar-refractivity contribution is -0.114.